The number of carbonyl (C=O) groups is 1. The molecule has 0 saturated carbocycles. The maximum Gasteiger partial charge on any atom is 1.00 e. The van der Waals surface area contributed by atoms with Crippen molar-refractivity contribution in [2.45, 2.75) is 53.7 Å². The molecule has 1 aromatic carbocycles. The monoisotopic (exact) mass is 522 g/mol. The first kappa shape index (κ1) is 30.7. The van der Waals surface area contributed by atoms with Gasteiger partial charge in [0.25, 0.3) is 0 Å². The van der Waals surface area contributed by atoms with Gasteiger partial charge < -0.3 is 26.8 Å². The van der Waals surface area contributed by atoms with Crippen molar-refractivity contribution in [3.63, 3.8) is 0 Å². The number of halogens is 4. The molecule has 1 saturated heterocycles. The minimum atomic E-state index is -5.51. The average molecular weight is 522 g/mol. The fourth-order valence-electron chi connectivity index (χ4n) is 3.86. The molecule has 1 aliphatic rings. The van der Waals surface area contributed by atoms with Crippen LogP contribution >= 0.6 is 0 Å². The molecule has 0 aromatic heterocycles. The van der Waals surface area contributed by atoms with E-state index in [2.05, 4.69) is 4.18 Å². The van der Waals surface area contributed by atoms with E-state index in [1.54, 1.807) is 20.8 Å². The second-order valence-electron chi connectivity index (χ2n) is 8.89. The van der Waals surface area contributed by atoms with Gasteiger partial charge in [0.1, 0.15) is 11.4 Å². The standard InChI is InChI=1S/C19H28BF4N2O5S.K/c1-12-15(11-25-7-9-26(10-8-25)18(27)30-19(4,5)6)13(2)17(31-32(24,28)29)14(3)16(12)20(21,22)23;/h7-11H2,1-6H3;/q-1;+1. The maximum absolute atomic E-state index is 13.8. The van der Waals surface area contributed by atoms with Gasteiger partial charge in [-0.2, -0.15) is 8.42 Å². The second kappa shape index (κ2) is 11.1. The quantitative estimate of drug-likeness (QED) is 0.315. The molecule has 1 aromatic rings. The molecule has 0 radical (unpaired) electrons. The molecule has 7 nitrogen and oxygen atoms in total. The Balaban J connectivity index is 0.00000544. The molecule has 0 bridgehead atoms. The Morgan fingerprint density at radius 1 is 1.00 bits per heavy atom. The molecule has 1 heterocycles. The first-order valence-electron chi connectivity index (χ1n) is 10.1. The summed E-state index contributed by atoms with van der Waals surface area (Å²) in [5.41, 5.74) is -1.81. The average Bonchev–Trinajstić information content (AvgIpc) is 2.59. The maximum atomic E-state index is 13.8. The van der Waals surface area contributed by atoms with Gasteiger partial charge in [0.15, 0.2) is 0 Å². The van der Waals surface area contributed by atoms with Crippen LogP contribution in [0.25, 0.3) is 0 Å². The first-order valence-corrected chi connectivity index (χ1v) is 11.4. The zero-order valence-electron chi connectivity index (χ0n) is 20.0. The van der Waals surface area contributed by atoms with E-state index in [-0.39, 0.29) is 74.6 Å². The van der Waals surface area contributed by atoms with Crippen LogP contribution in [-0.2, 0) is 21.8 Å². The third-order valence-electron chi connectivity index (χ3n) is 5.31. The fourth-order valence-corrected chi connectivity index (χ4v) is 4.31. The number of hydrogen-bond acceptors (Lipinski definition) is 6. The van der Waals surface area contributed by atoms with Gasteiger partial charge in [-0.25, -0.2) is 4.79 Å². The summed E-state index contributed by atoms with van der Waals surface area (Å²) in [5.74, 6) is -0.644. The molecule has 1 amide bonds. The third kappa shape index (κ3) is 8.36. The van der Waals surface area contributed by atoms with Crippen molar-refractivity contribution in [3.05, 3.63) is 22.3 Å². The summed E-state index contributed by atoms with van der Waals surface area (Å²) in [6.07, 6.45) is -0.467. The summed E-state index contributed by atoms with van der Waals surface area (Å²) >= 11 is 0. The van der Waals surface area contributed by atoms with Gasteiger partial charge in [-0.3, -0.25) is 4.90 Å². The van der Waals surface area contributed by atoms with E-state index in [0.717, 1.165) is 6.92 Å². The Morgan fingerprint density at radius 2 is 1.52 bits per heavy atom. The molecule has 33 heavy (non-hydrogen) atoms. The molecule has 14 heteroatoms. The number of carbonyl (C=O) groups excluding carboxylic acids is 1. The van der Waals surface area contributed by atoms with Crippen molar-refractivity contribution < 1.29 is 90.3 Å². The molecule has 2 rings (SSSR count). The van der Waals surface area contributed by atoms with Crippen molar-refractivity contribution in [3.8, 4) is 5.75 Å². The van der Waals surface area contributed by atoms with E-state index in [1.807, 2.05) is 4.90 Å². The van der Waals surface area contributed by atoms with Crippen LogP contribution in [0.4, 0.5) is 21.6 Å². The molecule has 1 fully saturated rings. The molecule has 0 unspecified atom stereocenters. The summed E-state index contributed by atoms with van der Waals surface area (Å²) < 4.78 is 86.2. The van der Waals surface area contributed by atoms with Crippen LogP contribution in [0.5, 0.6) is 5.75 Å². The first-order chi connectivity index (χ1) is 14.4. The molecule has 0 aliphatic carbocycles. The molecular formula is C19H28BF4KN2O5S. The topological polar surface area (TPSA) is 76.2 Å². The van der Waals surface area contributed by atoms with E-state index in [0.29, 0.717) is 26.2 Å². The van der Waals surface area contributed by atoms with Crippen LogP contribution in [0.3, 0.4) is 0 Å². The number of ether oxygens (including phenoxy) is 1. The van der Waals surface area contributed by atoms with Gasteiger partial charge in [0, 0.05) is 32.7 Å². The molecule has 0 atom stereocenters. The van der Waals surface area contributed by atoms with Crippen molar-refractivity contribution >= 4 is 29.0 Å². The Bertz CT molecular complexity index is 992. The number of amides is 1. The zero-order valence-corrected chi connectivity index (χ0v) is 23.9. The Kier molecular flexibility index (Phi) is 10.3. The molecular weight excluding hydrogens is 494 g/mol. The summed E-state index contributed by atoms with van der Waals surface area (Å²) in [6.45, 7) is 4.96. The number of piperazine rings is 1. The molecule has 182 valence electrons. The molecule has 1 aliphatic heterocycles. The van der Waals surface area contributed by atoms with E-state index >= 15 is 0 Å². The summed E-state index contributed by atoms with van der Waals surface area (Å²) in [6, 6.07) is 0. The van der Waals surface area contributed by atoms with Crippen molar-refractivity contribution in [1.29, 1.82) is 0 Å². The van der Waals surface area contributed by atoms with Gasteiger partial charge in [0.2, 0.25) is 0 Å². The van der Waals surface area contributed by atoms with E-state index in [4.69, 9.17) is 4.74 Å². The van der Waals surface area contributed by atoms with E-state index in [1.165, 1.54) is 18.7 Å². The fraction of sp³-hybridized carbons (Fsp3) is 0.632. The van der Waals surface area contributed by atoms with E-state index < -0.39 is 46.0 Å². The molecule has 0 N–H and O–H groups in total. The molecule has 0 spiro atoms. The largest absolute Gasteiger partial charge is 1.00 e. The minimum Gasteiger partial charge on any atom is -0.445 e. The van der Waals surface area contributed by atoms with Gasteiger partial charge >= 0.3 is 75.0 Å². The predicted octanol–water partition coefficient (Wildman–Crippen LogP) is 0.316. The van der Waals surface area contributed by atoms with Crippen LogP contribution in [0.2, 0.25) is 0 Å². The SMILES string of the molecule is Cc1c(CN2CCN(C(=O)OC(C)(C)C)CC2)c(C)c([B-](F)(F)F)c(C)c1OS(=O)(=O)F.[K+]. The third-order valence-corrected chi connectivity index (χ3v) is 5.68. The van der Waals surface area contributed by atoms with Crippen LogP contribution in [0.15, 0.2) is 0 Å². The summed E-state index contributed by atoms with van der Waals surface area (Å²) in [4.78, 5) is 15.6. The van der Waals surface area contributed by atoms with Gasteiger partial charge in [-0.15, -0.1) is 0 Å². The normalized spacial score (nSPS) is 15.8. The predicted molar refractivity (Wildman–Crippen MR) is 113 cm³/mol. The van der Waals surface area contributed by atoms with Gasteiger partial charge in [-0.05, 0) is 58.2 Å². The van der Waals surface area contributed by atoms with Gasteiger partial charge in [-0.1, -0.05) is 14.9 Å². The van der Waals surface area contributed by atoms with Crippen molar-refractivity contribution in [2.24, 2.45) is 0 Å². The van der Waals surface area contributed by atoms with Crippen molar-refractivity contribution in [1.82, 2.24) is 9.80 Å². The zero-order chi connectivity index (χ0) is 24.6. The van der Waals surface area contributed by atoms with Crippen LogP contribution < -0.4 is 61.0 Å². The van der Waals surface area contributed by atoms with Crippen LogP contribution in [-0.4, -0.2) is 63.1 Å². The van der Waals surface area contributed by atoms with E-state index in [9.17, 15) is 30.0 Å². The number of rotatable bonds is 5. The number of benzene rings is 1. The van der Waals surface area contributed by atoms with Crippen LogP contribution in [0, 0.1) is 20.8 Å². The van der Waals surface area contributed by atoms with Crippen molar-refractivity contribution in [2.75, 3.05) is 26.2 Å². The Morgan fingerprint density at radius 3 is 1.94 bits per heavy atom. The van der Waals surface area contributed by atoms with Gasteiger partial charge in [0.05, 0.1) is 0 Å². The minimum absolute atomic E-state index is 0. The van der Waals surface area contributed by atoms with Crippen LogP contribution in [0.1, 0.15) is 43.0 Å². The summed E-state index contributed by atoms with van der Waals surface area (Å²) in [7, 11) is -5.51. The number of nitrogens with zero attached hydrogens (tertiary/aromatic N) is 2. The smallest absolute Gasteiger partial charge is 0.445 e. The Labute approximate surface area is 235 Å². The Hall–Kier alpha value is -0.379. The second-order valence-corrected chi connectivity index (χ2v) is 9.84. The summed E-state index contributed by atoms with van der Waals surface area (Å²) in [5, 5.41) is 0. The number of hydrogen-bond donors (Lipinski definition) is 0.